The van der Waals surface area contributed by atoms with E-state index in [1.54, 1.807) is 0 Å². The molecule has 1 rings (SSSR count). The molecule has 0 saturated carbocycles. The van der Waals surface area contributed by atoms with Crippen molar-refractivity contribution >= 4 is 6.03 Å². The summed E-state index contributed by atoms with van der Waals surface area (Å²) >= 11 is 0. The van der Waals surface area contributed by atoms with E-state index in [4.69, 9.17) is 5.11 Å². The Morgan fingerprint density at radius 1 is 1.38 bits per heavy atom. The van der Waals surface area contributed by atoms with Gasteiger partial charge in [0.05, 0.1) is 12.6 Å². The fourth-order valence-corrected chi connectivity index (χ4v) is 1.29. The zero-order valence-electron chi connectivity index (χ0n) is 9.44. The van der Waals surface area contributed by atoms with E-state index in [1.165, 1.54) is 0 Å². The lowest BCUT2D eigenvalue weighted by Gasteiger charge is -2.14. The number of urea groups is 1. The van der Waals surface area contributed by atoms with Crippen LogP contribution in [0.4, 0.5) is 4.79 Å². The van der Waals surface area contributed by atoms with E-state index in [0.29, 0.717) is 6.54 Å². The van der Waals surface area contributed by atoms with Crippen LogP contribution in [-0.4, -0.2) is 23.8 Å². The van der Waals surface area contributed by atoms with Crippen molar-refractivity contribution in [2.24, 2.45) is 0 Å². The number of amides is 2. The molecule has 4 heteroatoms. The fourth-order valence-electron chi connectivity index (χ4n) is 1.29. The predicted octanol–water partition coefficient (Wildman–Crippen LogP) is 1.26. The average Bonchev–Trinajstić information content (AvgIpc) is 2.34. The summed E-state index contributed by atoms with van der Waals surface area (Å²) in [6.45, 7) is 2.38. The molecule has 0 spiro atoms. The minimum Gasteiger partial charge on any atom is -0.394 e. The smallest absolute Gasteiger partial charge is 0.315 e. The molecular formula is C12H18N2O2. The van der Waals surface area contributed by atoms with Crippen molar-refractivity contribution in [2.75, 3.05) is 6.61 Å². The largest absolute Gasteiger partial charge is 0.394 e. The third-order valence-electron chi connectivity index (χ3n) is 2.34. The molecule has 0 bridgehead atoms. The van der Waals surface area contributed by atoms with Crippen LogP contribution < -0.4 is 10.6 Å². The molecule has 0 aliphatic heterocycles. The summed E-state index contributed by atoms with van der Waals surface area (Å²) in [6.07, 6.45) is 0.718. The summed E-state index contributed by atoms with van der Waals surface area (Å²) < 4.78 is 0. The Kier molecular flexibility index (Phi) is 5.36. The summed E-state index contributed by atoms with van der Waals surface area (Å²) in [4.78, 5) is 11.4. The number of benzene rings is 1. The van der Waals surface area contributed by atoms with Gasteiger partial charge >= 0.3 is 6.03 Å². The molecule has 0 heterocycles. The molecule has 0 unspecified atom stereocenters. The highest BCUT2D eigenvalue weighted by atomic mass is 16.3. The normalized spacial score (nSPS) is 11.9. The minimum atomic E-state index is -0.246. The quantitative estimate of drug-likeness (QED) is 0.702. The Labute approximate surface area is 95.7 Å². The lowest BCUT2D eigenvalue weighted by molar-refractivity contribution is 0.214. The number of carbonyl (C=O) groups excluding carboxylic acids is 1. The van der Waals surface area contributed by atoms with E-state index in [9.17, 15) is 4.79 Å². The number of rotatable bonds is 5. The summed E-state index contributed by atoms with van der Waals surface area (Å²) in [7, 11) is 0. The molecule has 16 heavy (non-hydrogen) atoms. The van der Waals surface area contributed by atoms with Gasteiger partial charge in [-0.15, -0.1) is 0 Å². The molecule has 3 N–H and O–H groups in total. The second-order valence-corrected chi connectivity index (χ2v) is 3.60. The standard InChI is InChI=1S/C12H18N2O2/c1-2-11(9-15)14-12(16)13-8-10-6-4-3-5-7-10/h3-7,11,15H,2,8-9H2,1H3,(H2,13,14,16)/t11-/m0/s1. The second kappa shape index (κ2) is 6.85. The van der Waals surface area contributed by atoms with Crippen molar-refractivity contribution in [1.82, 2.24) is 10.6 Å². The molecule has 1 aromatic rings. The van der Waals surface area contributed by atoms with Crippen LogP contribution in [0.2, 0.25) is 0 Å². The first-order valence-corrected chi connectivity index (χ1v) is 5.45. The SMILES string of the molecule is CC[C@@H](CO)NC(=O)NCc1ccccc1. The highest BCUT2D eigenvalue weighted by Gasteiger charge is 2.07. The maximum absolute atomic E-state index is 11.4. The van der Waals surface area contributed by atoms with Gasteiger partial charge in [0.25, 0.3) is 0 Å². The minimum absolute atomic E-state index is 0.0325. The number of hydrogen-bond acceptors (Lipinski definition) is 2. The van der Waals surface area contributed by atoms with Crippen LogP contribution >= 0.6 is 0 Å². The van der Waals surface area contributed by atoms with E-state index in [1.807, 2.05) is 37.3 Å². The molecule has 0 fully saturated rings. The molecule has 0 radical (unpaired) electrons. The molecule has 0 saturated heterocycles. The maximum atomic E-state index is 11.4. The molecule has 2 amide bonds. The Morgan fingerprint density at radius 2 is 2.06 bits per heavy atom. The van der Waals surface area contributed by atoms with E-state index in [2.05, 4.69) is 10.6 Å². The Morgan fingerprint density at radius 3 is 2.62 bits per heavy atom. The van der Waals surface area contributed by atoms with Gasteiger partial charge in [-0.25, -0.2) is 4.79 Å². The molecule has 88 valence electrons. The first-order chi connectivity index (χ1) is 7.76. The number of aliphatic hydroxyl groups is 1. The number of aliphatic hydroxyl groups excluding tert-OH is 1. The van der Waals surface area contributed by atoms with Crippen LogP contribution in [0.25, 0.3) is 0 Å². The summed E-state index contributed by atoms with van der Waals surface area (Å²) in [5.74, 6) is 0. The third-order valence-corrected chi connectivity index (χ3v) is 2.34. The lowest BCUT2D eigenvalue weighted by Crippen LogP contribution is -2.43. The van der Waals surface area contributed by atoms with Crippen molar-refractivity contribution in [2.45, 2.75) is 25.9 Å². The third kappa shape index (κ3) is 4.31. The molecule has 1 atom stereocenters. The lowest BCUT2D eigenvalue weighted by atomic mass is 10.2. The fraction of sp³-hybridized carbons (Fsp3) is 0.417. The Bertz CT molecular complexity index is 310. The van der Waals surface area contributed by atoms with Crippen LogP contribution in [0.3, 0.4) is 0 Å². The van der Waals surface area contributed by atoms with Crippen molar-refractivity contribution in [3.63, 3.8) is 0 Å². The summed E-state index contributed by atoms with van der Waals surface area (Å²) in [5, 5.41) is 14.3. The second-order valence-electron chi connectivity index (χ2n) is 3.60. The van der Waals surface area contributed by atoms with Crippen LogP contribution in [-0.2, 0) is 6.54 Å². The number of hydrogen-bond donors (Lipinski definition) is 3. The van der Waals surface area contributed by atoms with Crippen LogP contribution in [0.15, 0.2) is 30.3 Å². The van der Waals surface area contributed by atoms with Gasteiger partial charge in [-0.3, -0.25) is 0 Å². The predicted molar refractivity (Wildman–Crippen MR) is 63.0 cm³/mol. The molecule has 1 aromatic carbocycles. The van der Waals surface area contributed by atoms with Crippen molar-refractivity contribution < 1.29 is 9.90 Å². The zero-order valence-corrected chi connectivity index (χ0v) is 9.44. The monoisotopic (exact) mass is 222 g/mol. The van der Waals surface area contributed by atoms with Crippen molar-refractivity contribution in [3.05, 3.63) is 35.9 Å². The van der Waals surface area contributed by atoms with Gasteiger partial charge in [-0.2, -0.15) is 0 Å². The van der Waals surface area contributed by atoms with E-state index < -0.39 is 0 Å². The highest BCUT2D eigenvalue weighted by Crippen LogP contribution is 1.97. The van der Waals surface area contributed by atoms with Crippen LogP contribution in [0.5, 0.6) is 0 Å². The summed E-state index contributed by atoms with van der Waals surface area (Å²) in [6, 6.07) is 9.27. The Hall–Kier alpha value is -1.55. The van der Waals surface area contributed by atoms with Gasteiger partial charge in [0.1, 0.15) is 0 Å². The molecule has 0 aromatic heterocycles. The molecule has 4 nitrogen and oxygen atoms in total. The maximum Gasteiger partial charge on any atom is 0.315 e. The van der Waals surface area contributed by atoms with Crippen LogP contribution in [0, 0.1) is 0 Å². The van der Waals surface area contributed by atoms with Gasteiger partial charge in [-0.1, -0.05) is 37.3 Å². The van der Waals surface area contributed by atoms with E-state index in [0.717, 1.165) is 12.0 Å². The molecule has 0 aliphatic carbocycles. The zero-order chi connectivity index (χ0) is 11.8. The van der Waals surface area contributed by atoms with Gasteiger partial charge in [0.15, 0.2) is 0 Å². The van der Waals surface area contributed by atoms with Crippen molar-refractivity contribution in [3.8, 4) is 0 Å². The van der Waals surface area contributed by atoms with Gasteiger partial charge in [0.2, 0.25) is 0 Å². The van der Waals surface area contributed by atoms with E-state index >= 15 is 0 Å². The summed E-state index contributed by atoms with van der Waals surface area (Å²) in [5.41, 5.74) is 1.05. The van der Waals surface area contributed by atoms with Crippen molar-refractivity contribution in [1.29, 1.82) is 0 Å². The molecular weight excluding hydrogens is 204 g/mol. The number of nitrogens with one attached hydrogen (secondary N) is 2. The van der Waals surface area contributed by atoms with E-state index in [-0.39, 0.29) is 18.7 Å². The first-order valence-electron chi connectivity index (χ1n) is 5.45. The highest BCUT2D eigenvalue weighted by molar-refractivity contribution is 5.74. The van der Waals surface area contributed by atoms with Gasteiger partial charge in [-0.05, 0) is 12.0 Å². The van der Waals surface area contributed by atoms with Crippen LogP contribution in [0.1, 0.15) is 18.9 Å². The van der Waals surface area contributed by atoms with Gasteiger partial charge in [0, 0.05) is 6.54 Å². The first kappa shape index (κ1) is 12.5. The molecule has 0 aliphatic rings. The Balaban J connectivity index is 2.30. The average molecular weight is 222 g/mol. The number of carbonyl (C=O) groups is 1. The van der Waals surface area contributed by atoms with Gasteiger partial charge < -0.3 is 15.7 Å². The topological polar surface area (TPSA) is 61.4 Å².